The van der Waals surface area contributed by atoms with E-state index in [2.05, 4.69) is 17.2 Å². The van der Waals surface area contributed by atoms with Gasteiger partial charge >= 0.3 is 0 Å². The molecule has 0 radical (unpaired) electrons. The third kappa shape index (κ3) is 4.35. The summed E-state index contributed by atoms with van der Waals surface area (Å²) in [5, 5.41) is 3.53. The van der Waals surface area contributed by atoms with Crippen LogP contribution in [0, 0.1) is 6.92 Å². The summed E-state index contributed by atoms with van der Waals surface area (Å²) >= 11 is 0. The summed E-state index contributed by atoms with van der Waals surface area (Å²) in [5.74, 6) is 0.881. The predicted molar refractivity (Wildman–Crippen MR) is 69.3 cm³/mol. The van der Waals surface area contributed by atoms with Gasteiger partial charge in [-0.15, -0.1) is 0 Å². The number of hydrogen-bond donors (Lipinski definition) is 1. The second-order valence-corrected chi connectivity index (χ2v) is 4.85. The van der Waals surface area contributed by atoms with E-state index < -0.39 is 0 Å². The number of nitrogens with zero attached hydrogens (tertiary/aromatic N) is 1. The monoisotopic (exact) mass is 234 g/mol. The van der Waals surface area contributed by atoms with Crippen LogP contribution in [0.5, 0.6) is 5.75 Å². The summed E-state index contributed by atoms with van der Waals surface area (Å²) in [5.41, 5.74) is 1.03. The normalized spacial score (nSPS) is 16.8. The summed E-state index contributed by atoms with van der Waals surface area (Å²) in [4.78, 5) is 4.25. The van der Waals surface area contributed by atoms with Crippen LogP contribution in [-0.2, 0) is 0 Å². The molecule has 1 N–H and O–H groups in total. The number of ether oxygens (including phenoxy) is 1. The predicted octanol–water partition coefficient (Wildman–Crippen LogP) is 2.69. The lowest BCUT2D eigenvalue weighted by atomic mass is 10.2. The van der Waals surface area contributed by atoms with Crippen molar-refractivity contribution in [3.8, 4) is 5.75 Å². The van der Waals surface area contributed by atoms with E-state index in [4.69, 9.17) is 4.74 Å². The van der Waals surface area contributed by atoms with Gasteiger partial charge in [0.1, 0.15) is 11.9 Å². The smallest absolute Gasteiger partial charge is 0.138 e. The minimum atomic E-state index is 0.269. The van der Waals surface area contributed by atoms with Gasteiger partial charge in [-0.1, -0.05) is 13.3 Å². The van der Waals surface area contributed by atoms with Crippen LogP contribution < -0.4 is 10.1 Å². The van der Waals surface area contributed by atoms with Crippen molar-refractivity contribution in [1.29, 1.82) is 0 Å². The van der Waals surface area contributed by atoms with Crippen molar-refractivity contribution < 1.29 is 4.74 Å². The lowest BCUT2D eigenvalue weighted by Crippen LogP contribution is -2.32. The van der Waals surface area contributed by atoms with Crippen LogP contribution in [0.2, 0.25) is 0 Å². The van der Waals surface area contributed by atoms with Gasteiger partial charge in [-0.3, -0.25) is 4.98 Å². The van der Waals surface area contributed by atoms with Crippen LogP contribution in [0.4, 0.5) is 0 Å². The molecule has 1 aromatic rings. The zero-order valence-electron chi connectivity index (χ0n) is 10.8. The number of aromatic nitrogens is 1. The van der Waals surface area contributed by atoms with Crippen molar-refractivity contribution in [2.24, 2.45) is 0 Å². The van der Waals surface area contributed by atoms with Gasteiger partial charge in [0.2, 0.25) is 0 Å². The molecule has 17 heavy (non-hydrogen) atoms. The molecule has 0 amide bonds. The first-order chi connectivity index (χ1) is 8.28. The van der Waals surface area contributed by atoms with Crippen LogP contribution in [0.15, 0.2) is 18.3 Å². The number of nitrogens with one attached hydrogen (secondary N) is 1. The van der Waals surface area contributed by atoms with E-state index in [0.717, 1.165) is 36.9 Å². The van der Waals surface area contributed by atoms with Gasteiger partial charge in [0, 0.05) is 18.3 Å². The molecule has 1 saturated carbocycles. The molecule has 1 fully saturated rings. The molecule has 94 valence electrons. The Labute approximate surface area is 104 Å². The fourth-order valence-corrected chi connectivity index (χ4v) is 1.83. The summed E-state index contributed by atoms with van der Waals surface area (Å²) in [6, 6.07) is 4.74. The molecule has 0 spiro atoms. The molecule has 0 aromatic carbocycles. The zero-order valence-corrected chi connectivity index (χ0v) is 10.8. The maximum atomic E-state index is 5.96. The van der Waals surface area contributed by atoms with Crippen LogP contribution in [0.3, 0.4) is 0 Å². The highest BCUT2D eigenvalue weighted by atomic mass is 16.5. The Morgan fingerprint density at radius 2 is 2.29 bits per heavy atom. The molecule has 1 heterocycles. The highest BCUT2D eigenvalue weighted by molar-refractivity contribution is 5.19. The van der Waals surface area contributed by atoms with Crippen molar-refractivity contribution >= 4 is 0 Å². The van der Waals surface area contributed by atoms with Crippen molar-refractivity contribution in [3.05, 3.63) is 24.0 Å². The topological polar surface area (TPSA) is 34.1 Å². The first kappa shape index (κ1) is 12.4. The Morgan fingerprint density at radius 1 is 1.47 bits per heavy atom. The molecule has 2 rings (SSSR count). The minimum Gasteiger partial charge on any atom is -0.487 e. The molecule has 0 saturated heterocycles. The third-order valence-corrected chi connectivity index (χ3v) is 3.01. The molecule has 1 aromatic heterocycles. The Kier molecular flexibility index (Phi) is 4.37. The third-order valence-electron chi connectivity index (χ3n) is 3.01. The summed E-state index contributed by atoms with van der Waals surface area (Å²) in [7, 11) is 0. The Morgan fingerprint density at radius 3 is 2.88 bits per heavy atom. The van der Waals surface area contributed by atoms with E-state index in [9.17, 15) is 0 Å². The molecule has 1 aliphatic carbocycles. The van der Waals surface area contributed by atoms with Gasteiger partial charge in [-0.05, 0) is 38.3 Å². The maximum Gasteiger partial charge on any atom is 0.138 e. The Balaban J connectivity index is 1.84. The number of aryl methyl sites for hydroxylation is 1. The van der Waals surface area contributed by atoms with E-state index in [1.165, 1.54) is 12.8 Å². The van der Waals surface area contributed by atoms with Crippen molar-refractivity contribution in [2.75, 3.05) is 6.54 Å². The maximum absolute atomic E-state index is 5.96. The molecule has 0 aliphatic heterocycles. The highest BCUT2D eigenvalue weighted by Gasteiger charge is 2.22. The molecule has 0 bridgehead atoms. The number of hydrogen-bond acceptors (Lipinski definition) is 3. The number of pyridine rings is 1. The zero-order chi connectivity index (χ0) is 12.1. The summed E-state index contributed by atoms with van der Waals surface area (Å²) < 4.78 is 5.96. The standard InChI is InChI=1S/C14H22N2O/c1-3-4-13(10-16-12-6-7-12)17-14-8-5-11(2)15-9-14/h5,8-9,12-13,16H,3-4,6-7,10H2,1-2H3. The van der Waals surface area contributed by atoms with Crippen LogP contribution >= 0.6 is 0 Å². The Hall–Kier alpha value is -1.09. The van der Waals surface area contributed by atoms with Crippen LogP contribution in [0.25, 0.3) is 0 Å². The molecule has 1 unspecified atom stereocenters. The molecule has 1 atom stereocenters. The van der Waals surface area contributed by atoms with Crippen molar-refractivity contribution in [1.82, 2.24) is 10.3 Å². The van der Waals surface area contributed by atoms with Gasteiger partial charge in [0.05, 0.1) is 6.20 Å². The molecule has 3 nitrogen and oxygen atoms in total. The summed E-state index contributed by atoms with van der Waals surface area (Å²) in [6.07, 6.45) is 6.97. The highest BCUT2D eigenvalue weighted by Crippen LogP contribution is 2.19. The van der Waals surface area contributed by atoms with Gasteiger partial charge < -0.3 is 10.1 Å². The van der Waals surface area contributed by atoms with E-state index in [-0.39, 0.29) is 6.10 Å². The quantitative estimate of drug-likeness (QED) is 0.787. The fraction of sp³-hybridized carbons (Fsp3) is 0.643. The largest absolute Gasteiger partial charge is 0.487 e. The van der Waals surface area contributed by atoms with Gasteiger partial charge in [0.15, 0.2) is 0 Å². The van der Waals surface area contributed by atoms with Crippen molar-refractivity contribution in [3.63, 3.8) is 0 Å². The van der Waals surface area contributed by atoms with Gasteiger partial charge in [-0.25, -0.2) is 0 Å². The average Bonchev–Trinajstić information content (AvgIpc) is 3.13. The van der Waals surface area contributed by atoms with Crippen LogP contribution in [-0.4, -0.2) is 23.7 Å². The summed E-state index contributed by atoms with van der Waals surface area (Å²) in [6.45, 7) is 5.13. The van der Waals surface area contributed by atoms with Gasteiger partial charge in [0.25, 0.3) is 0 Å². The molecular weight excluding hydrogens is 212 g/mol. The Bertz CT molecular complexity index is 333. The molecule has 3 heteroatoms. The average molecular weight is 234 g/mol. The van der Waals surface area contributed by atoms with Crippen molar-refractivity contribution in [2.45, 2.75) is 51.7 Å². The first-order valence-electron chi connectivity index (χ1n) is 6.60. The second kappa shape index (κ2) is 6.01. The van der Waals surface area contributed by atoms with E-state index in [1.807, 2.05) is 25.3 Å². The van der Waals surface area contributed by atoms with Crippen LogP contribution in [0.1, 0.15) is 38.3 Å². The minimum absolute atomic E-state index is 0.269. The first-order valence-corrected chi connectivity index (χ1v) is 6.60. The van der Waals surface area contributed by atoms with E-state index in [0.29, 0.717) is 0 Å². The molecule has 1 aliphatic rings. The second-order valence-electron chi connectivity index (χ2n) is 4.85. The lowest BCUT2D eigenvalue weighted by Gasteiger charge is -2.19. The number of rotatable bonds is 7. The lowest BCUT2D eigenvalue weighted by molar-refractivity contribution is 0.185. The fourth-order valence-electron chi connectivity index (χ4n) is 1.83. The van der Waals surface area contributed by atoms with Gasteiger partial charge in [-0.2, -0.15) is 0 Å². The van der Waals surface area contributed by atoms with E-state index in [1.54, 1.807) is 0 Å². The van der Waals surface area contributed by atoms with E-state index >= 15 is 0 Å². The molecular formula is C14H22N2O. The SMILES string of the molecule is CCCC(CNC1CC1)Oc1ccc(C)nc1.